The monoisotopic (exact) mass is 471 g/mol. The lowest BCUT2D eigenvalue weighted by Crippen LogP contribution is -2.48. The van der Waals surface area contributed by atoms with Crippen LogP contribution in [-0.4, -0.2) is 70.5 Å². The smallest absolute Gasteiger partial charge is 0.475 e. The fourth-order valence-electron chi connectivity index (χ4n) is 3.36. The highest BCUT2D eigenvalue weighted by Gasteiger charge is 2.28. The van der Waals surface area contributed by atoms with Gasteiger partial charge in [0.2, 0.25) is 5.91 Å². The van der Waals surface area contributed by atoms with E-state index in [1.54, 1.807) is 18.2 Å². The molecule has 2 amide bonds. The van der Waals surface area contributed by atoms with Crippen LogP contribution in [0.5, 0.6) is 5.75 Å². The van der Waals surface area contributed by atoms with Crippen molar-refractivity contribution in [2.45, 2.75) is 25.8 Å². The van der Waals surface area contributed by atoms with Crippen molar-refractivity contribution in [3.05, 3.63) is 64.7 Å². The van der Waals surface area contributed by atoms with Gasteiger partial charge >= 0.3 is 13.1 Å². The topological polar surface area (TPSA) is 179 Å². The Morgan fingerprint density at radius 2 is 1.91 bits per heavy atom. The summed E-state index contributed by atoms with van der Waals surface area (Å²) in [6.45, 7) is 2.37. The molecule has 0 spiro atoms. The molecule has 0 saturated carbocycles. The highest BCUT2D eigenvalue weighted by molar-refractivity contribution is 6.43. The molecule has 34 heavy (non-hydrogen) atoms. The number of nitrogens with two attached hydrogens (primary N) is 1. The Morgan fingerprint density at radius 1 is 1.21 bits per heavy atom. The fourth-order valence-corrected chi connectivity index (χ4v) is 3.36. The molecule has 0 saturated heterocycles. The largest absolute Gasteiger partial charge is 0.478 e. The number of benzene rings is 2. The van der Waals surface area contributed by atoms with E-state index in [4.69, 9.17) is 10.5 Å². The van der Waals surface area contributed by atoms with Crippen LogP contribution < -0.4 is 15.8 Å². The van der Waals surface area contributed by atoms with Crippen molar-refractivity contribution in [2.24, 2.45) is 5.73 Å². The Bertz CT molecular complexity index is 1050. The summed E-state index contributed by atoms with van der Waals surface area (Å²) in [4.78, 5) is 48.4. The molecule has 0 radical (unpaired) electrons. The minimum absolute atomic E-state index is 0.0642. The van der Waals surface area contributed by atoms with Gasteiger partial charge in [-0.25, -0.2) is 4.79 Å². The first-order valence-electron chi connectivity index (χ1n) is 10.3. The van der Waals surface area contributed by atoms with Gasteiger partial charge in [0, 0.05) is 32.1 Å². The summed E-state index contributed by atoms with van der Waals surface area (Å²) in [6, 6.07) is 10.5. The third-order valence-corrected chi connectivity index (χ3v) is 5.02. The second-order valence-corrected chi connectivity index (χ2v) is 7.44. The zero-order chi connectivity index (χ0) is 25.3. The lowest BCUT2D eigenvalue weighted by Gasteiger charge is -2.21. The molecule has 0 fully saturated rings. The lowest BCUT2D eigenvalue weighted by atomic mass is 9.75. The van der Waals surface area contributed by atoms with Gasteiger partial charge in [0.25, 0.3) is 12.4 Å². The molecule has 6 N–H and O–H groups in total. The SMILES string of the molecule is CC(=O)N(CCN)Cc1cccc(C(=O)N[C@@H](Cc2cccc(C(=O)O)c2OC=O)B(O)O)c1. The molecule has 0 heterocycles. The minimum Gasteiger partial charge on any atom is -0.478 e. The number of carbonyl (C=O) groups is 4. The Kier molecular flexibility index (Phi) is 9.74. The second kappa shape index (κ2) is 12.5. The van der Waals surface area contributed by atoms with Gasteiger partial charge in [0.05, 0.1) is 5.94 Å². The van der Waals surface area contributed by atoms with Crippen molar-refractivity contribution in [2.75, 3.05) is 13.1 Å². The molecule has 0 unspecified atom stereocenters. The van der Waals surface area contributed by atoms with Crippen molar-refractivity contribution < 1.29 is 39.1 Å². The molecule has 2 rings (SSSR count). The summed E-state index contributed by atoms with van der Waals surface area (Å²) in [6.07, 6.45) is -0.234. The van der Waals surface area contributed by atoms with Crippen molar-refractivity contribution in [3.63, 3.8) is 0 Å². The average Bonchev–Trinajstić information content (AvgIpc) is 2.79. The summed E-state index contributed by atoms with van der Waals surface area (Å²) in [5, 5.41) is 31.5. The van der Waals surface area contributed by atoms with Crippen LogP contribution in [0.25, 0.3) is 0 Å². The Hall–Kier alpha value is -3.74. The zero-order valence-electron chi connectivity index (χ0n) is 18.5. The molecule has 0 aromatic heterocycles. The van der Waals surface area contributed by atoms with Crippen LogP contribution in [0.3, 0.4) is 0 Å². The van der Waals surface area contributed by atoms with E-state index in [9.17, 15) is 34.3 Å². The van der Waals surface area contributed by atoms with Crippen molar-refractivity contribution in [3.8, 4) is 5.75 Å². The number of hydrogen-bond acceptors (Lipinski definition) is 8. The number of ether oxygens (including phenoxy) is 1. The molecular weight excluding hydrogens is 445 g/mol. The van der Waals surface area contributed by atoms with E-state index in [0.717, 1.165) is 0 Å². The van der Waals surface area contributed by atoms with Crippen LogP contribution in [0.15, 0.2) is 42.5 Å². The summed E-state index contributed by atoms with van der Waals surface area (Å²) < 4.78 is 4.81. The van der Waals surface area contributed by atoms with E-state index in [1.807, 2.05) is 0 Å². The maximum atomic E-state index is 12.8. The van der Waals surface area contributed by atoms with E-state index in [2.05, 4.69) is 5.32 Å². The Labute approximate surface area is 196 Å². The number of carboxylic acids is 1. The van der Waals surface area contributed by atoms with Gasteiger partial charge in [-0.15, -0.1) is 0 Å². The summed E-state index contributed by atoms with van der Waals surface area (Å²) in [7, 11) is -2.00. The van der Waals surface area contributed by atoms with E-state index >= 15 is 0 Å². The van der Waals surface area contributed by atoms with Crippen LogP contribution in [0.2, 0.25) is 0 Å². The standard InChI is InChI=1S/C22H26BN3O8/c1-14(28)26(9-8-24)12-15-4-2-6-17(10-15)21(29)25-19(23(32)33)11-16-5-3-7-18(22(30)31)20(16)34-13-27/h2-7,10,13,19,32-33H,8-9,11-12,24H2,1H3,(H,25,29)(H,30,31)/t19-/m0/s1. The van der Waals surface area contributed by atoms with E-state index < -0.39 is 24.9 Å². The van der Waals surface area contributed by atoms with Gasteiger partial charge in [-0.2, -0.15) is 0 Å². The van der Waals surface area contributed by atoms with E-state index in [1.165, 1.54) is 36.1 Å². The number of nitrogens with one attached hydrogen (secondary N) is 1. The third kappa shape index (κ3) is 7.14. The number of aromatic carboxylic acids is 1. The van der Waals surface area contributed by atoms with Crippen LogP contribution >= 0.6 is 0 Å². The first-order valence-corrected chi connectivity index (χ1v) is 10.3. The van der Waals surface area contributed by atoms with Crippen LogP contribution in [-0.2, 0) is 22.6 Å². The fraction of sp³-hybridized carbons (Fsp3) is 0.273. The normalized spacial score (nSPS) is 11.3. The summed E-state index contributed by atoms with van der Waals surface area (Å²) in [5.41, 5.74) is 6.31. The first kappa shape index (κ1) is 26.5. The molecule has 2 aromatic rings. The van der Waals surface area contributed by atoms with Crippen molar-refractivity contribution in [1.29, 1.82) is 0 Å². The molecule has 0 aliphatic rings. The number of amides is 2. The van der Waals surface area contributed by atoms with Crippen molar-refractivity contribution >= 4 is 31.4 Å². The average molecular weight is 471 g/mol. The van der Waals surface area contributed by atoms with E-state index in [0.29, 0.717) is 12.1 Å². The molecule has 180 valence electrons. The number of carbonyl (C=O) groups excluding carboxylic acids is 3. The van der Waals surface area contributed by atoms with Crippen molar-refractivity contribution in [1.82, 2.24) is 10.2 Å². The summed E-state index contributed by atoms with van der Waals surface area (Å²) in [5.74, 6) is -3.63. The molecule has 0 aliphatic heterocycles. The molecule has 0 aliphatic carbocycles. The first-order chi connectivity index (χ1) is 16.2. The van der Waals surface area contributed by atoms with Gasteiger partial charge < -0.3 is 35.8 Å². The highest BCUT2D eigenvalue weighted by Crippen LogP contribution is 2.25. The number of para-hydroxylation sites is 1. The predicted molar refractivity (Wildman–Crippen MR) is 122 cm³/mol. The lowest BCUT2D eigenvalue weighted by molar-refractivity contribution is -0.129. The number of hydrogen-bond donors (Lipinski definition) is 5. The number of rotatable bonds is 12. The maximum Gasteiger partial charge on any atom is 0.475 e. The van der Waals surface area contributed by atoms with Gasteiger partial charge in [-0.05, 0) is 35.7 Å². The molecule has 12 heteroatoms. The molecule has 11 nitrogen and oxygen atoms in total. The molecule has 2 aromatic carbocycles. The predicted octanol–water partition coefficient (Wildman–Crippen LogP) is -0.420. The zero-order valence-corrected chi connectivity index (χ0v) is 18.5. The van der Waals surface area contributed by atoms with Crippen LogP contribution in [0.4, 0.5) is 0 Å². The Morgan fingerprint density at radius 3 is 2.50 bits per heavy atom. The summed E-state index contributed by atoms with van der Waals surface area (Å²) >= 11 is 0. The third-order valence-electron chi connectivity index (χ3n) is 5.02. The van der Waals surface area contributed by atoms with Crippen LogP contribution in [0.1, 0.15) is 38.8 Å². The number of nitrogens with zero attached hydrogens (tertiary/aromatic N) is 1. The second-order valence-electron chi connectivity index (χ2n) is 7.44. The maximum absolute atomic E-state index is 12.8. The van der Waals surface area contributed by atoms with E-state index in [-0.39, 0.29) is 54.3 Å². The quantitative estimate of drug-likeness (QED) is 0.203. The van der Waals surface area contributed by atoms with Crippen LogP contribution in [0, 0.1) is 0 Å². The van der Waals surface area contributed by atoms with Gasteiger partial charge in [-0.3, -0.25) is 14.4 Å². The Balaban J connectivity index is 2.24. The van der Waals surface area contributed by atoms with Gasteiger partial charge in [0.15, 0.2) is 0 Å². The van der Waals surface area contributed by atoms with Gasteiger partial charge in [-0.1, -0.05) is 24.3 Å². The molecular formula is C22H26BN3O8. The number of carboxylic acid groups (broad SMARTS) is 1. The highest BCUT2D eigenvalue weighted by atomic mass is 16.5. The molecule has 0 bridgehead atoms. The molecule has 1 atom stereocenters. The minimum atomic E-state index is -2.00. The van der Waals surface area contributed by atoms with Gasteiger partial charge in [0.1, 0.15) is 11.3 Å².